The second-order valence-corrected chi connectivity index (χ2v) is 7.33. The van der Waals surface area contributed by atoms with E-state index in [9.17, 15) is 8.42 Å². The van der Waals surface area contributed by atoms with Crippen LogP contribution in [0.15, 0.2) is 28.7 Å². The van der Waals surface area contributed by atoms with Crippen molar-refractivity contribution < 1.29 is 13.2 Å². The molecule has 1 aromatic carbocycles. The summed E-state index contributed by atoms with van der Waals surface area (Å²) in [4.78, 5) is 0. The second kappa shape index (κ2) is 5.59. The molecule has 0 amide bonds. The Kier molecular flexibility index (Phi) is 4.29. The molecular weight excluding hydrogens is 318 g/mol. The summed E-state index contributed by atoms with van der Waals surface area (Å²) in [6, 6.07) is 7.70. The van der Waals surface area contributed by atoms with Crippen LogP contribution < -0.4 is 4.74 Å². The fraction of sp³-hybridized carbons (Fsp3) is 0.500. The monoisotopic (exact) mass is 333 g/mol. The van der Waals surface area contributed by atoms with Gasteiger partial charge in [-0.15, -0.1) is 0 Å². The van der Waals surface area contributed by atoms with E-state index in [1.54, 1.807) is 0 Å². The van der Waals surface area contributed by atoms with Crippen molar-refractivity contribution in [2.75, 3.05) is 19.3 Å². The van der Waals surface area contributed by atoms with Gasteiger partial charge < -0.3 is 4.74 Å². The van der Waals surface area contributed by atoms with Crippen LogP contribution in [-0.2, 0) is 10.0 Å². The molecule has 100 valence electrons. The molecule has 1 saturated heterocycles. The van der Waals surface area contributed by atoms with E-state index in [1.165, 1.54) is 10.6 Å². The Morgan fingerprint density at radius 1 is 1.33 bits per heavy atom. The fourth-order valence-corrected chi connectivity index (χ4v) is 3.27. The second-order valence-electron chi connectivity index (χ2n) is 4.44. The summed E-state index contributed by atoms with van der Waals surface area (Å²) in [5.41, 5.74) is 0. The number of sulfonamides is 1. The largest absolute Gasteiger partial charge is 0.490 e. The molecule has 0 aromatic heterocycles. The fourth-order valence-electron chi connectivity index (χ4n) is 2.01. The summed E-state index contributed by atoms with van der Waals surface area (Å²) in [6.07, 6.45) is 2.82. The van der Waals surface area contributed by atoms with Crippen LogP contribution in [0.5, 0.6) is 5.75 Å². The molecule has 0 saturated carbocycles. The maximum Gasteiger partial charge on any atom is 0.211 e. The van der Waals surface area contributed by atoms with Crippen molar-refractivity contribution in [3.05, 3.63) is 28.7 Å². The molecule has 1 aromatic rings. The highest BCUT2D eigenvalue weighted by Gasteiger charge is 2.25. The van der Waals surface area contributed by atoms with Crippen molar-refractivity contribution in [1.82, 2.24) is 4.31 Å². The smallest absolute Gasteiger partial charge is 0.211 e. The van der Waals surface area contributed by atoms with Gasteiger partial charge in [0.1, 0.15) is 11.9 Å². The van der Waals surface area contributed by atoms with E-state index >= 15 is 0 Å². The lowest BCUT2D eigenvalue weighted by Gasteiger charge is -2.30. The first-order chi connectivity index (χ1) is 8.45. The molecule has 0 unspecified atom stereocenters. The minimum atomic E-state index is -3.06. The number of ether oxygens (including phenoxy) is 1. The summed E-state index contributed by atoms with van der Waals surface area (Å²) in [6.45, 7) is 1.08. The Bertz CT molecular complexity index is 510. The minimum absolute atomic E-state index is 0.0947. The normalized spacial score (nSPS) is 18.8. The molecular formula is C12H16BrNO3S. The Balaban J connectivity index is 1.91. The van der Waals surface area contributed by atoms with Crippen LogP contribution >= 0.6 is 15.9 Å². The van der Waals surface area contributed by atoms with Crippen LogP contribution in [-0.4, -0.2) is 38.2 Å². The number of piperidine rings is 1. The maximum absolute atomic E-state index is 11.4. The SMILES string of the molecule is CS(=O)(=O)N1CCC(Oc2cccc(Br)c2)CC1. The molecule has 0 N–H and O–H groups in total. The molecule has 0 atom stereocenters. The maximum atomic E-state index is 11.4. The number of nitrogens with zero attached hydrogens (tertiary/aromatic N) is 1. The summed E-state index contributed by atoms with van der Waals surface area (Å²) in [5.74, 6) is 0.821. The van der Waals surface area contributed by atoms with E-state index < -0.39 is 10.0 Å². The highest BCUT2D eigenvalue weighted by molar-refractivity contribution is 9.10. The van der Waals surface area contributed by atoms with Crippen molar-refractivity contribution in [3.63, 3.8) is 0 Å². The molecule has 0 bridgehead atoms. The first-order valence-electron chi connectivity index (χ1n) is 5.82. The average Bonchev–Trinajstić information content (AvgIpc) is 2.28. The van der Waals surface area contributed by atoms with Gasteiger partial charge in [0.15, 0.2) is 0 Å². The van der Waals surface area contributed by atoms with E-state index in [0.29, 0.717) is 13.1 Å². The highest BCUT2D eigenvalue weighted by atomic mass is 79.9. The van der Waals surface area contributed by atoms with Gasteiger partial charge in [0.05, 0.1) is 6.26 Å². The van der Waals surface area contributed by atoms with Gasteiger partial charge in [-0.1, -0.05) is 22.0 Å². The minimum Gasteiger partial charge on any atom is -0.490 e. The van der Waals surface area contributed by atoms with Gasteiger partial charge in [-0.2, -0.15) is 0 Å². The number of halogens is 1. The summed E-state index contributed by atoms with van der Waals surface area (Å²) >= 11 is 3.40. The van der Waals surface area contributed by atoms with Crippen LogP contribution in [0.2, 0.25) is 0 Å². The van der Waals surface area contributed by atoms with Crippen LogP contribution in [0.3, 0.4) is 0 Å². The van der Waals surface area contributed by atoms with Gasteiger partial charge in [0.2, 0.25) is 10.0 Å². The molecule has 1 heterocycles. The lowest BCUT2D eigenvalue weighted by molar-refractivity contribution is 0.135. The van der Waals surface area contributed by atoms with E-state index in [2.05, 4.69) is 15.9 Å². The van der Waals surface area contributed by atoms with Gasteiger partial charge in [-0.05, 0) is 31.0 Å². The number of benzene rings is 1. The summed E-state index contributed by atoms with van der Waals surface area (Å²) in [7, 11) is -3.06. The molecule has 1 aliphatic heterocycles. The van der Waals surface area contributed by atoms with Crippen LogP contribution in [0.4, 0.5) is 0 Å². The van der Waals surface area contributed by atoms with E-state index in [0.717, 1.165) is 23.1 Å². The van der Waals surface area contributed by atoms with E-state index in [-0.39, 0.29) is 6.10 Å². The topological polar surface area (TPSA) is 46.6 Å². The lowest BCUT2D eigenvalue weighted by atomic mass is 10.1. The quantitative estimate of drug-likeness (QED) is 0.852. The van der Waals surface area contributed by atoms with Gasteiger partial charge >= 0.3 is 0 Å². The molecule has 18 heavy (non-hydrogen) atoms. The van der Waals surface area contributed by atoms with Crippen LogP contribution in [0, 0.1) is 0 Å². The summed E-state index contributed by atoms with van der Waals surface area (Å²) in [5, 5.41) is 0. The molecule has 0 radical (unpaired) electrons. The molecule has 6 heteroatoms. The zero-order valence-corrected chi connectivity index (χ0v) is 12.6. The van der Waals surface area contributed by atoms with Crippen LogP contribution in [0.25, 0.3) is 0 Å². The molecule has 0 aliphatic carbocycles. The lowest BCUT2D eigenvalue weighted by Crippen LogP contribution is -2.41. The van der Waals surface area contributed by atoms with Crippen LogP contribution in [0.1, 0.15) is 12.8 Å². The zero-order chi connectivity index (χ0) is 13.2. The van der Waals surface area contributed by atoms with E-state index in [4.69, 9.17) is 4.74 Å². The Morgan fingerprint density at radius 3 is 2.56 bits per heavy atom. The Morgan fingerprint density at radius 2 is 2.00 bits per heavy atom. The van der Waals surface area contributed by atoms with Gasteiger partial charge in [-0.3, -0.25) is 0 Å². The van der Waals surface area contributed by atoms with Gasteiger partial charge in [-0.25, -0.2) is 12.7 Å². The molecule has 2 rings (SSSR count). The molecule has 1 fully saturated rings. The van der Waals surface area contributed by atoms with E-state index in [1.807, 2.05) is 24.3 Å². The van der Waals surface area contributed by atoms with Gasteiger partial charge in [0, 0.05) is 17.6 Å². The number of hydrogen-bond donors (Lipinski definition) is 0. The predicted octanol–water partition coefficient (Wildman–Crippen LogP) is 2.25. The first-order valence-corrected chi connectivity index (χ1v) is 8.46. The molecule has 1 aliphatic rings. The Hall–Kier alpha value is -0.590. The highest BCUT2D eigenvalue weighted by Crippen LogP contribution is 2.22. The third-order valence-corrected chi connectivity index (χ3v) is 4.77. The van der Waals surface area contributed by atoms with Crippen molar-refractivity contribution in [2.45, 2.75) is 18.9 Å². The third kappa shape index (κ3) is 3.70. The van der Waals surface area contributed by atoms with Crippen molar-refractivity contribution in [2.24, 2.45) is 0 Å². The molecule has 4 nitrogen and oxygen atoms in total. The average molecular weight is 334 g/mol. The van der Waals surface area contributed by atoms with Crippen molar-refractivity contribution in [3.8, 4) is 5.75 Å². The van der Waals surface area contributed by atoms with Gasteiger partial charge in [0.25, 0.3) is 0 Å². The van der Waals surface area contributed by atoms with Crippen molar-refractivity contribution >= 4 is 26.0 Å². The van der Waals surface area contributed by atoms with Crippen molar-refractivity contribution in [1.29, 1.82) is 0 Å². The molecule has 0 spiro atoms. The Labute approximate surface area is 116 Å². The standard InChI is InChI=1S/C12H16BrNO3S/c1-18(15,16)14-7-5-11(6-8-14)17-12-4-2-3-10(13)9-12/h2-4,9,11H,5-8H2,1H3. The first kappa shape index (κ1) is 13.8. The third-order valence-electron chi connectivity index (χ3n) is 2.97. The zero-order valence-electron chi connectivity index (χ0n) is 10.2. The predicted molar refractivity (Wildman–Crippen MR) is 74.2 cm³/mol. The summed E-state index contributed by atoms with van der Waals surface area (Å²) < 4.78 is 31.1. The number of rotatable bonds is 3. The number of hydrogen-bond acceptors (Lipinski definition) is 3.